The molecule has 3 aromatic carbocycles. The highest BCUT2D eigenvalue weighted by atomic mass is 32.1. The van der Waals surface area contributed by atoms with Gasteiger partial charge in [0.2, 0.25) is 23.6 Å². The monoisotopic (exact) mass is 1500 g/mol. The van der Waals surface area contributed by atoms with Crippen molar-refractivity contribution in [1.29, 1.82) is 0 Å². The molecule has 2 aliphatic rings. The molecule has 107 heavy (non-hydrogen) atoms. The molecule has 4 aromatic rings. The first kappa shape index (κ1) is 87.4. The maximum absolute atomic E-state index is 15.0. The Balaban J connectivity index is 0.989. The van der Waals surface area contributed by atoms with E-state index >= 15 is 4.79 Å². The van der Waals surface area contributed by atoms with Crippen LogP contribution in [-0.2, 0) is 83.2 Å². The van der Waals surface area contributed by atoms with E-state index in [0.29, 0.717) is 81.3 Å². The van der Waals surface area contributed by atoms with Gasteiger partial charge >= 0.3 is 12.1 Å². The van der Waals surface area contributed by atoms with Gasteiger partial charge in [0.1, 0.15) is 17.4 Å². The van der Waals surface area contributed by atoms with Crippen LogP contribution in [0, 0.1) is 41.4 Å². The summed E-state index contributed by atoms with van der Waals surface area (Å²) in [6, 6.07) is 21.2. The average Bonchev–Trinajstić information content (AvgIpc) is 1.68. The van der Waals surface area contributed by atoms with Gasteiger partial charge in [0.15, 0.2) is 11.6 Å². The van der Waals surface area contributed by atoms with Gasteiger partial charge in [0.25, 0.3) is 11.8 Å². The van der Waals surface area contributed by atoms with Gasteiger partial charge in [0.05, 0.1) is 54.8 Å². The quantitative estimate of drug-likeness (QED) is 0.0236. The van der Waals surface area contributed by atoms with Gasteiger partial charge in [0, 0.05) is 121 Å². The lowest BCUT2D eigenvalue weighted by molar-refractivity contribution is -0.149. The number of amides is 9. The molecule has 0 spiro atoms. The number of ether oxygens (including phenoxy) is 3. The number of anilines is 1. The second kappa shape index (κ2) is 43.5. The highest BCUT2D eigenvalue weighted by Gasteiger charge is 2.44. The first-order chi connectivity index (χ1) is 51.0. The van der Waals surface area contributed by atoms with Crippen LogP contribution in [0.25, 0.3) is 0 Å². The van der Waals surface area contributed by atoms with Crippen molar-refractivity contribution in [2.24, 2.45) is 47.2 Å². The molecule has 6 rings (SSSR count). The fraction of sp³-hybridized carbons (Fsp3) is 0.585. The lowest BCUT2D eigenvalue weighted by Gasteiger charge is -2.41. The Hall–Kier alpha value is -8.52. The number of carbonyl (C=O) groups is 11. The SMILES string of the molecule is CC[C@H](C)[C@@H]([C@@H](CC(=O)N1CCC[C@H]1[C@H](OC)[C@@H](C)C(=O)N[C@@H](Cc1ccccc1)c1nccs1)OC)N(C)C(=O)[C@@H](CC(=O)[C@H](C(C)C)N(C)CCc1ccc(N(C)C(=O)OCc2ccc(CC(=O)[C@H](CCCNC(N)=O)NC(=O)[C@@H](CC(=O)CCCCCN3C(=O)C=CC3=O)C(C)C)cc2)cc1)C(C)C. The van der Waals surface area contributed by atoms with E-state index in [1.54, 1.807) is 63.7 Å². The number of nitrogens with two attached hydrogens (primary N) is 1. The molecule has 1 fully saturated rings. The third-order valence-electron chi connectivity index (χ3n) is 21.2. The molecular weight excluding hydrogens is 1380 g/mol. The van der Waals surface area contributed by atoms with Crippen molar-refractivity contribution in [2.75, 3.05) is 66.4 Å². The maximum atomic E-state index is 15.0. The summed E-state index contributed by atoms with van der Waals surface area (Å²) in [5.74, 6) is -4.59. The van der Waals surface area contributed by atoms with E-state index in [1.807, 2.05) is 127 Å². The number of aromatic nitrogens is 1. The molecule has 0 saturated carbocycles. The van der Waals surface area contributed by atoms with E-state index in [2.05, 4.69) is 32.8 Å². The predicted molar refractivity (Wildman–Crippen MR) is 413 cm³/mol. The number of Topliss-reactive ketones (excluding diaryl/α,β-unsaturated/α-hetero) is 3. The summed E-state index contributed by atoms with van der Waals surface area (Å²) in [5.41, 5.74) is 9.25. The molecule has 0 radical (unpaired) electrons. The van der Waals surface area contributed by atoms with Crippen molar-refractivity contribution >= 4 is 81.9 Å². The Kier molecular flexibility index (Phi) is 35.5. The minimum Gasteiger partial charge on any atom is -0.444 e. The van der Waals surface area contributed by atoms with Crippen LogP contribution in [0.3, 0.4) is 0 Å². The summed E-state index contributed by atoms with van der Waals surface area (Å²) in [6.45, 7) is 19.0. The summed E-state index contributed by atoms with van der Waals surface area (Å²) in [5, 5.41) is 11.4. The molecule has 1 aromatic heterocycles. The average molecular weight is 1500 g/mol. The molecule has 0 aliphatic carbocycles. The van der Waals surface area contributed by atoms with E-state index in [1.165, 1.54) is 28.4 Å². The normalized spacial score (nSPS) is 16.6. The number of unbranched alkanes of at least 4 members (excludes halogenated alkanes) is 2. The number of hydrogen-bond donors (Lipinski definition) is 4. The molecule has 2 aliphatic heterocycles. The van der Waals surface area contributed by atoms with Gasteiger partial charge in [-0.25, -0.2) is 14.6 Å². The summed E-state index contributed by atoms with van der Waals surface area (Å²) in [4.78, 5) is 161. The minimum absolute atomic E-state index is 0.00323. The summed E-state index contributed by atoms with van der Waals surface area (Å²) in [6.07, 6.45) is 8.04. The molecule has 586 valence electrons. The standard InChI is InChI=1S/C82H118N10O14S/c1-15-55(8)75(70(104-13)50-73(98)91-43-23-28-67(91)76(105-14)56(9)77(99)87-66(79-84-41-45-107-79)46-58-24-18-16-19-25-58)90(12)80(101)64(53(4)5)49-69(95)74(54(6)7)88(10)44-39-57-33-35-61(36-34-57)89(11)82(103)106-51-60-31-29-59(30-32-60)47-68(94)65(27-22-40-85-81(83)102)86-78(100)63(52(2)3)48-62(93)26-20-17-21-42-92-71(96)37-38-72(92)97/h16,18-19,24-25,29-38,41,45,52-56,63-67,70,74-76H,15,17,20-23,26-28,39-40,42-44,46-51H2,1-14H3,(H,86,100)(H,87,99)(H3,83,85,102)/t55-,56+,63-,64-,65-,66-,67-,70+,74-,75-,76+/m0/s1. The van der Waals surface area contributed by atoms with Gasteiger partial charge in [-0.1, -0.05) is 142 Å². The van der Waals surface area contributed by atoms with E-state index in [-0.39, 0.29) is 141 Å². The zero-order chi connectivity index (χ0) is 78.6. The minimum atomic E-state index is -0.923. The number of likely N-dealkylation sites (N-methyl/N-ethyl adjacent to an activating group) is 2. The number of methoxy groups -OCH3 is 2. The van der Waals surface area contributed by atoms with Crippen molar-refractivity contribution in [3.63, 3.8) is 0 Å². The van der Waals surface area contributed by atoms with E-state index in [4.69, 9.17) is 19.9 Å². The van der Waals surface area contributed by atoms with Crippen molar-refractivity contribution in [3.05, 3.63) is 130 Å². The van der Waals surface area contributed by atoms with Gasteiger partial charge in [-0.3, -0.25) is 57.9 Å². The first-order valence-corrected chi connectivity index (χ1v) is 38.9. The fourth-order valence-corrected chi connectivity index (χ4v) is 15.4. The van der Waals surface area contributed by atoms with Gasteiger partial charge in [-0.15, -0.1) is 11.3 Å². The number of thiazole rings is 1. The number of primary amides is 1. The third kappa shape index (κ3) is 26.1. The lowest BCUT2D eigenvalue weighted by Crippen LogP contribution is -2.54. The number of urea groups is 1. The molecule has 5 N–H and O–H groups in total. The summed E-state index contributed by atoms with van der Waals surface area (Å²) < 4.78 is 18.0. The molecule has 24 nitrogen and oxygen atoms in total. The number of ketones is 3. The third-order valence-corrected chi connectivity index (χ3v) is 22.1. The van der Waals surface area contributed by atoms with Crippen LogP contribution in [0.5, 0.6) is 0 Å². The zero-order valence-electron chi connectivity index (χ0n) is 65.4. The Morgan fingerprint density at radius 2 is 1.36 bits per heavy atom. The highest BCUT2D eigenvalue weighted by molar-refractivity contribution is 7.09. The largest absolute Gasteiger partial charge is 0.444 e. The van der Waals surface area contributed by atoms with Crippen LogP contribution in [0.15, 0.2) is 103 Å². The van der Waals surface area contributed by atoms with Crippen LogP contribution < -0.4 is 26.6 Å². The Morgan fingerprint density at radius 1 is 0.710 bits per heavy atom. The van der Waals surface area contributed by atoms with Gasteiger partial charge < -0.3 is 45.7 Å². The topological polar surface area (TPSA) is 307 Å². The molecule has 9 amide bonds. The molecule has 1 saturated heterocycles. The fourth-order valence-electron chi connectivity index (χ4n) is 14.7. The number of carbonyl (C=O) groups excluding carboxylic acids is 11. The van der Waals surface area contributed by atoms with Crippen LogP contribution >= 0.6 is 11.3 Å². The van der Waals surface area contributed by atoms with E-state index in [0.717, 1.165) is 27.5 Å². The van der Waals surface area contributed by atoms with Gasteiger partial charge in [-0.05, 0) is 116 Å². The Bertz CT molecular complexity index is 3570. The number of likely N-dealkylation sites (tertiary alicyclic amines) is 1. The lowest BCUT2D eigenvalue weighted by atomic mass is 9.83. The molecule has 0 unspecified atom stereocenters. The number of rotatable bonds is 46. The molecular formula is C82H118N10O14S. The summed E-state index contributed by atoms with van der Waals surface area (Å²) in [7, 11) is 8.47. The van der Waals surface area contributed by atoms with Crippen LogP contribution in [0.4, 0.5) is 15.3 Å². The second-order valence-corrected chi connectivity index (χ2v) is 30.9. The van der Waals surface area contributed by atoms with Crippen molar-refractivity contribution in [2.45, 2.75) is 208 Å². The zero-order valence-corrected chi connectivity index (χ0v) is 66.2. The van der Waals surface area contributed by atoms with Crippen LogP contribution in [-0.4, -0.2) is 187 Å². The number of nitrogens with zero attached hydrogens (tertiary/aromatic N) is 6. The molecule has 25 heteroatoms. The number of nitrogens with one attached hydrogen (secondary N) is 3. The second-order valence-electron chi connectivity index (χ2n) is 30.0. The first-order valence-electron chi connectivity index (χ1n) is 38.1. The summed E-state index contributed by atoms with van der Waals surface area (Å²) >= 11 is 1.49. The molecule has 11 atom stereocenters. The number of imide groups is 1. The van der Waals surface area contributed by atoms with Crippen molar-refractivity contribution in [3.8, 4) is 0 Å². The Labute approximate surface area is 637 Å². The Morgan fingerprint density at radius 3 is 1.96 bits per heavy atom. The number of benzene rings is 3. The molecule has 3 heterocycles. The van der Waals surface area contributed by atoms with Gasteiger partial charge in [-0.2, -0.15) is 0 Å². The highest BCUT2D eigenvalue weighted by Crippen LogP contribution is 2.33. The smallest absolute Gasteiger partial charge is 0.414 e. The van der Waals surface area contributed by atoms with E-state index < -0.39 is 66.1 Å². The van der Waals surface area contributed by atoms with Crippen LogP contribution in [0.1, 0.15) is 173 Å². The molecule has 0 bridgehead atoms. The van der Waals surface area contributed by atoms with Crippen molar-refractivity contribution < 1.29 is 67.0 Å². The van der Waals surface area contributed by atoms with Crippen molar-refractivity contribution in [1.82, 2.24) is 40.5 Å². The van der Waals surface area contributed by atoms with Crippen LogP contribution in [0.2, 0.25) is 0 Å². The number of hydrogen-bond acceptors (Lipinski definition) is 17. The predicted octanol–water partition coefficient (Wildman–Crippen LogP) is 10.4. The maximum Gasteiger partial charge on any atom is 0.414 e. The van der Waals surface area contributed by atoms with E-state index in [9.17, 15) is 47.9 Å².